The highest BCUT2D eigenvalue weighted by molar-refractivity contribution is 5.95. The Labute approximate surface area is 189 Å². The second-order valence-corrected chi connectivity index (χ2v) is 10.1. The Kier molecular flexibility index (Phi) is 5.93. The summed E-state index contributed by atoms with van der Waals surface area (Å²) in [7, 11) is 0. The fraction of sp³-hybridized carbons (Fsp3) is 0.640. The summed E-state index contributed by atoms with van der Waals surface area (Å²) in [4.78, 5) is 30.5. The molecule has 0 radical (unpaired) electrons. The minimum Gasteiger partial charge on any atom is -0.382 e. The number of rotatable bonds is 9. The Morgan fingerprint density at radius 1 is 1.12 bits per heavy atom. The summed E-state index contributed by atoms with van der Waals surface area (Å²) < 4.78 is 7.48. The summed E-state index contributed by atoms with van der Waals surface area (Å²) >= 11 is 0. The monoisotopic (exact) mass is 438 g/mol. The predicted octanol–water partition coefficient (Wildman–Crippen LogP) is 3.73. The quantitative estimate of drug-likeness (QED) is 0.584. The van der Waals surface area contributed by atoms with Crippen LogP contribution in [0.2, 0.25) is 0 Å². The summed E-state index contributed by atoms with van der Waals surface area (Å²) in [6.07, 6.45) is 7.73. The van der Waals surface area contributed by atoms with Crippen molar-refractivity contribution in [1.29, 1.82) is 0 Å². The normalized spacial score (nSPS) is 28.2. The number of carbonyl (C=O) groups is 2. The summed E-state index contributed by atoms with van der Waals surface area (Å²) in [5.41, 5.74) is 1.59. The molecular weight excluding hydrogens is 404 g/mol. The van der Waals surface area contributed by atoms with E-state index in [1.807, 2.05) is 35.8 Å². The molecule has 7 heteroatoms. The van der Waals surface area contributed by atoms with Crippen LogP contribution in [0, 0.1) is 23.2 Å². The number of nitrogens with one attached hydrogen (secondary N) is 2. The number of aryl methyl sites for hydroxylation is 1. The third kappa shape index (κ3) is 4.15. The molecule has 2 amide bonds. The van der Waals surface area contributed by atoms with Crippen LogP contribution in [0.5, 0.6) is 0 Å². The first-order valence-corrected chi connectivity index (χ1v) is 12.2. The molecule has 4 fully saturated rings. The third-order valence-electron chi connectivity index (χ3n) is 7.71. The van der Waals surface area contributed by atoms with Gasteiger partial charge in [0.05, 0.1) is 17.6 Å². The molecule has 0 atom stereocenters. The van der Waals surface area contributed by atoms with Crippen molar-refractivity contribution >= 4 is 28.8 Å². The average molecular weight is 439 g/mol. The van der Waals surface area contributed by atoms with Gasteiger partial charge in [-0.1, -0.05) is 12.1 Å². The number of benzene rings is 1. The molecular formula is C25H34N4O3. The number of fused-ring (bicyclic) bond motifs is 1. The van der Waals surface area contributed by atoms with Crippen LogP contribution in [-0.4, -0.2) is 41.1 Å². The molecule has 0 saturated heterocycles. The number of aromatic nitrogens is 2. The molecule has 7 nitrogen and oxygen atoms in total. The van der Waals surface area contributed by atoms with Gasteiger partial charge in [0.25, 0.3) is 0 Å². The molecule has 0 spiro atoms. The number of ether oxygens (including phenoxy) is 1. The van der Waals surface area contributed by atoms with E-state index >= 15 is 0 Å². The van der Waals surface area contributed by atoms with Crippen LogP contribution in [0.3, 0.4) is 0 Å². The predicted molar refractivity (Wildman–Crippen MR) is 123 cm³/mol. The number of anilines is 1. The molecule has 2 aromatic rings. The van der Waals surface area contributed by atoms with E-state index in [0.29, 0.717) is 43.5 Å². The van der Waals surface area contributed by atoms with Crippen LogP contribution < -0.4 is 10.6 Å². The highest BCUT2D eigenvalue weighted by Gasteiger charge is 2.54. The Balaban J connectivity index is 1.22. The van der Waals surface area contributed by atoms with Crippen molar-refractivity contribution in [2.45, 2.75) is 58.4 Å². The van der Waals surface area contributed by atoms with Gasteiger partial charge in [-0.15, -0.1) is 0 Å². The van der Waals surface area contributed by atoms with Crippen molar-refractivity contribution in [1.82, 2.24) is 14.9 Å². The lowest BCUT2D eigenvalue weighted by Gasteiger charge is -2.55. The second kappa shape index (κ2) is 8.85. The first kappa shape index (κ1) is 21.4. The molecule has 4 bridgehead atoms. The minimum atomic E-state index is -0.235. The van der Waals surface area contributed by atoms with Crippen molar-refractivity contribution in [3.8, 4) is 0 Å². The lowest BCUT2D eigenvalue weighted by atomic mass is 9.49. The van der Waals surface area contributed by atoms with Crippen LogP contribution in [0.25, 0.3) is 11.0 Å². The number of hydrogen-bond donors (Lipinski definition) is 2. The molecule has 1 heterocycles. The fourth-order valence-electron chi connectivity index (χ4n) is 6.77. The van der Waals surface area contributed by atoms with E-state index in [2.05, 4.69) is 15.6 Å². The molecule has 6 rings (SSSR count). The minimum absolute atomic E-state index is 0.0112. The maximum Gasteiger partial charge on any atom is 0.246 e. The van der Waals surface area contributed by atoms with Crippen molar-refractivity contribution in [2.75, 3.05) is 25.1 Å². The summed E-state index contributed by atoms with van der Waals surface area (Å²) in [5, 5.41) is 5.89. The van der Waals surface area contributed by atoms with Crippen molar-refractivity contribution < 1.29 is 14.3 Å². The van der Waals surface area contributed by atoms with Gasteiger partial charge in [-0.3, -0.25) is 14.9 Å². The molecule has 2 N–H and O–H groups in total. The van der Waals surface area contributed by atoms with Gasteiger partial charge in [0.1, 0.15) is 0 Å². The van der Waals surface area contributed by atoms with Crippen molar-refractivity contribution in [3.63, 3.8) is 0 Å². The van der Waals surface area contributed by atoms with Gasteiger partial charge in [-0.25, -0.2) is 4.98 Å². The molecule has 1 aromatic heterocycles. The largest absolute Gasteiger partial charge is 0.382 e. The Morgan fingerprint density at radius 3 is 2.50 bits per heavy atom. The first-order valence-electron chi connectivity index (χ1n) is 12.2. The van der Waals surface area contributed by atoms with E-state index in [-0.39, 0.29) is 23.8 Å². The van der Waals surface area contributed by atoms with Crippen LogP contribution in [0.1, 0.15) is 51.9 Å². The highest BCUT2D eigenvalue weighted by atomic mass is 16.5. The second-order valence-electron chi connectivity index (χ2n) is 10.1. The van der Waals surface area contributed by atoms with Gasteiger partial charge < -0.3 is 14.6 Å². The molecule has 4 aliphatic carbocycles. The van der Waals surface area contributed by atoms with Gasteiger partial charge in [0.2, 0.25) is 17.8 Å². The van der Waals surface area contributed by atoms with E-state index in [4.69, 9.17) is 4.74 Å². The molecule has 32 heavy (non-hydrogen) atoms. The lowest BCUT2D eigenvalue weighted by molar-refractivity contribution is -0.146. The summed E-state index contributed by atoms with van der Waals surface area (Å²) in [6, 6.07) is 7.86. The van der Waals surface area contributed by atoms with Crippen LogP contribution in [0.15, 0.2) is 24.3 Å². The third-order valence-corrected chi connectivity index (χ3v) is 7.71. The number of nitrogens with zero attached hydrogens (tertiary/aromatic N) is 2. The van der Waals surface area contributed by atoms with Crippen molar-refractivity contribution in [3.05, 3.63) is 24.3 Å². The molecule has 1 aromatic carbocycles. The fourth-order valence-corrected chi connectivity index (χ4v) is 6.77. The number of imidazole rings is 1. The number of amides is 2. The van der Waals surface area contributed by atoms with E-state index in [9.17, 15) is 9.59 Å². The Morgan fingerprint density at radius 2 is 1.81 bits per heavy atom. The van der Waals surface area contributed by atoms with Crippen LogP contribution >= 0.6 is 0 Å². The highest BCUT2D eigenvalue weighted by Crippen LogP contribution is 2.60. The Hall–Kier alpha value is -2.41. The molecule has 4 saturated carbocycles. The lowest BCUT2D eigenvalue weighted by Crippen LogP contribution is -2.54. The van der Waals surface area contributed by atoms with Gasteiger partial charge >= 0.3 is 0 Å². The first-order chi connectivity index (χ1) is 15.6. The molecule has 0 unspecified atom stereocenters. The number of para-hydroxylation sites is 2. The van der Waals surface area contributed by atoms with Crippen LogP contribution in [0.4, 0.5) is 5.95 Å². The van der Waals surface area contributed by atoms with E-state index in [0.717, 1.165) is 36.7 Å². The molecule has 0 aliphatic heterocycles. The molecule has 4 aliphatic rings. The average Bonchev–Trinajstić information content (AvgIpc) is 3.11. The number of hydrogen-bond acceptors (Lipinski definition) is 4. The number of carbonyl (C=O) groups excluding carboxylic acids is 2. The van der Waals surface area contributed by atoms with E-state index < -0.39 is 0 Å². The van der Waals surface area contributed by atoms with E-state index in [1.54, 1.807) is 0 Å². The topological polar surface area (TPSA) is 85.2 Å². The van der Waals surface area contributed by atoms with E-state index in [1.165, 1.54) is 19.3 Å². The van der Waals surface area contributed by atoms with Crippen molar-refractivity contribution in [2.24, 2.45) is 23.2 Å². The van der Waals surface area contributed by atoms with Gasteiger partial charge in [0, 0.05) is 25.2 Å². The summed E-state index contributed by atoms with van der Waals surface area (Å²) in [5.74, 6) is 2.49. The zero-order valence-corrected chi connectivity index (χ0v) is 18.9. The maximum atomic E-state index is 13.1. The smallest absolute Gasteiger partial charge is 0.246 e. The summed E-state index contributed by atoms with van der Waals surface area (Å²) in [6.45, 7) is 4.03. The standard InChI is InChI=1S/C25H34N4O3/c1-2-32-9-5-8-29-21-7-4-3-6-20(21)27-24(29)28-22(30)16-26-23(31)25-13-17-10-18(14-25)12-19(11-17)15-25/h3-4,6-7,17-19H,2,5,8-16H2,1H3,(H,26,31)(H,27,28,30). The van der Waals surface area contributed by atoms with Gasteiger partial charge in [-0.2, -0.15) is 0 Å². The molecule has 172 valence electrons. The maximum absolute atomic E-state index is 13.1. The zero-order chi connectivity index (χ0) is 22.1. The van der Waals surface area contributed by atoms with Gasteiger partial charge in [-0.05, 0) is 81.8 Å². The van der Waals surface area contributed by atoms with Gasteiger partial charge in [0.15, 0.2) is 0 Å². The van der Waals surface area contributed by atoms with Crippen LogP contribution in [-0.2, 0) is 20.9 Å². The zero-order valence-electron chi connectivity index (χ0n) is 18.9. The SMILES string of the molecule is CCOCCCn1c(NC(=O)CNC(=O)C23CC4CC(CC(C4)C2)C3)nc2ccccc21. The Bertz CT molecular complexity index is 963.